The molecule has 0 spiro atoms. The second-order valence-corrected chi connectivity index (χ2v) is 4.74. The first-order valence-electron chi connectivity index (χ1n) is 4.61. The third-order valence-electron chi connectivity index (χ3n) is 4.08. The van der Waals surface area contributed by atoms with Crippen LogP contribution in [0, 0.1) is 23.2 Å². The van der Waals surface area contributed by atoms with Gasteiger partial charge in [0, 0.05) is 5.92 Å². The first-order chi connectivity index (χ1) is 5.16. The molecule has 1 heteroatoms. The van der Waals surface area contributed by atoms with Gasteiger partial charge in [-0.2, -0.15) is 0 Å². The van der Waals surface area contributed by atoms with Gasteiger partial charge in [0.1, 0.15) is 6.29 Å². The Kier molecular flexibility index (Phi) is 1.39. The van der Waals surface area contributed by atoms with Crippen molar-refractivity contribution in [3.63, 3.8) is 0 Å². The molecular formula is C10H16O. The highest BCUT2D eigenvalue weighted by Crippen LogP contribution is 2.59. The number of fused-ring (bicyclic) bond motifs is 2. The monoisotopic (exact) mass is 152 g/mol. The van der Waals surface area contributed by atoms with Gasteiger partial charge in [-0.05, 0) is 36.5 Å². The zero-order valence-electron chi connectivity index (χ0n) is 7.34. The second-order valence-electron chi connectivity index (χ2n) is 4.74. The Hall–Kier alpha value is -0.330. The van der Waals surface area contributed by atoms with Crippen LogP contribution in [0.2, 0.25) is 0 Å². The van der Waals surface area contributed by atoms with Gasteiger partial charge in [-0.1, -0.05) is 13.8 Å². The maximum atomic E-state index is 10.7. The lowest BCUT2D eigenvalue weighted by Gasteiger charge is -2.24. The van der Waals surface area contributed by atoms with Gasteiger partial charge >= 0.3 is 0 Å². The molecule has 0 unspecified atom stereocenters. The number of hydrogen-bond donors (Lipinski definition) is 0. The average molecular weight is 152 g/mol. The minimum atomic E-state index is 0.392. The van der Waals surface area contributed by atoms with E-state index in [1.807, 2.05) is 0 Å². The fraction of sp³-hybridized carbons (Fsp3) is 0.900. The van der Waals surface area contributed by atoms with E-state index in [4.69, 9.17) is 0 Å². The Balaban J connectivity index is 2.25. The fourth-order valence-corrected chi connectivity index (χ4v) is 3.26. The van der Waals surface area contributed by atoms with Crippen LogP contribution < -0.4 is 0 Å². The third kappa shape index (κ3) is 0.800. The number of carbonyl (C=O) groups excluding carboxylic acids is 1. The Labute approximate surface area is 68.2 Å². The summed E-state index contributed by atoms with van der Waals surface area (Å²) in [5.74, 6) is 1.93. The summed E-state index contributed by atoms with van der Waals surface area (Å²) in [6.45, 7) is 4.66. The zero-order valence-corrected chi connectivity index (χ0v) is 7.34. The summed E-state index contributed by atoms with van der Waals surface area (Å²) in [5.41, 5.74) is 0.464. The number of hydrogen-bond acceptors (Lipinski definition) is 1. The van der Waals surface area contributed by atoms with Crippen LogP contribution in [0.25, 0.3) is 0 Å². The van der Waals surface area contributed by atoms with E-state index in [-0.39, 0.29) is 0 Å². The number of rotatable bonds is 1. The van der Waals surface area contributed by atoms with Crippen molar-refractivity contribution in [2.45, 2.75) is 33.1 Å². The molecule has 0 amide bonds. The molecule has 11 heavy (non-hydrogen) atoms. The van der Waals surface area contributed by atoms with Crippen molar-refractivity contribution in [2.24, 2.45) is 23.2 Å². The van der Waals surface area contributed by atoms with Crippen molar-refractivity contribution in [1.82, 2.24) is 0 Å². The Morgan fingerprint density at radius 3 is 2.36 bits per heavy atom. The maximum absolute atomic E-state index is 10.7. The molecule has 0 aromatic carbocycles. The smallest absolute Gasteiger partial charge is 0.123 e. The van der Waals surface area contributed by atoms with Crippen LogP contribution in [0.15, 0.2) is 0 Å². The van der Waals surface area contributed by atoms with Crippen molar-refractivity contribution >= 4 is 6.29 Å². The minimum absolute atomic E-state index is 0.392. The van der Waals surface area contributed by atoms with Crippen LogP contribution in [-0.2, 0) is 4.79 Å². The highest BCUT2D eigenvalue weighted by atomic mass is 16.1. The highest BCUT2D eigenvalue weighted by molar-refractivity contribution is 5.55. The molecule has 0 saturated heterocycles. The van der Waals surface area contributed by atoms with Gasteiger partial charge in [0.05, 0.1) is 0 Å². The summed E-state index contributed by atoms with van der Waals surface area (Å²) in [6, 6.07) is 0. The lowest BCUT2D eigenvalue weighted by atomic mass is 9.80. The molecule has 1 nitrogen and oxygen atoms in total. The number of aldehydes is 1. The summed E-state index contributed by atoms with van der Waals surface area (Å²) < 4.78 is 0. The van der Waals surface area contributed by atoms with E-state index in [0.717, 1.165) is 5.92 Å². The first-order valence-corrected chi connectivity index (χ1v) is 4.61. The van der Waals surface area contributed by atoms with Crippen LogP contribution in [0.1, 0.15) is 33.1 Å². The van der Waals surface area contributed by atoms with Crippen LogP contribution >= 0.6 is 0 Å². The van der Waals surface area contributed by atoms with Crippen LogP contribution in [0.5, 0.6) is 0 Å². The van der Waals surface area contributed by atoms with Crippen molar-refractivity contribution < 1.29 is 4.79 Å². The molecule has 0 N–H and O–H groups in total. The van der Waals surface area contributed by atoms with E-state index in [9.17, 15) is 4.79 Å². The first kappa shape index (κ1) is 7.33. The molecule has 2 fully saturated rings. The van der Waals surface area contributed by atoms with Crippen molar-refractivity contribution in [1.29, 1.82) is 0 Å². The predicted molar refractivity (Wildman–Crippen MR) is 44.2 cm³/mol. The molecule has 0 radical (unpaired) electrons. The van der Waals surface area contributed by atoms with Gasteiger partial charge in [-0.25, -0.2) is 0 Å². The lowest BCUT2D eigenvalue weighted by molar-refractivity contribution is -0.112. The fourth-order valence-electron chi connectivity index (χ4n) is 3.26. The molecule has 0 aliphatic heterocycles. The van der Waals surface area contributed by atoms with Gasteiger partial charge in [0.15, 0.2) is 0 Å². The molecule has 0 aromatic rings. The minimum Gasteiger partial charge on any atom is -0.303 e. The van der Waals surface area contributed by atoms with E-state index < -0.39 is 0 Å². The van der Waals surface area contributed by atoms with Crippen LogP contribution in [0.3, 0.4) is 0 Å². The van der Waals surface area contributed by atoms with Crippen LogP contribution in [0.4, 0.5) is 0 Å². The van der Waals surface area contributed by atoms with Gasteiger partial charge < -0.3 is 4.79 Å². The molecule has 2 bridgehead atoms. The van der Waals surface area contributed by atoms with E-state index in [2.05, 4.69) is 13.8 Å². The molecule has 2 saturated carbocycles. The third-order valence-corrected chi connectivity index (χ3v) is 4.08. The quantitative estimate of drug-likeness (QED) is 0.527. The topological polar surface area (TPSA) is 17.1 Å². The summed E-state index contributed by atoms with van der Waals surface area (Å²) >= 11 is 0. The van der Waals surface area contributed by atoms with E-state index in [0.29, 0.717) is 17.3 Å². The summed E-state index contributed by atoms with van der Waals surface area (Å²) in [6.07, 6.45) is 5.01. The summed E-state index contributed by atoms with van der Waals surface area (Å²) in [7, 11) is 0. The molecular weight excluding hydrogens is 136 g/mol. The summed E-state index contributed by atoms with van der Waals surface area (Å²) in [4.78, 5) is 10.7. The lowest BCUT2D eigenvalue weighted by Crippen LogP contribution is -2.19. The highest BCUT2D eigenvalue weighted by Gasteiger charge is 2.52. The van der Waals surface area contributed by atoms with Crippen molar-refractivity contribution in [3.05, 3.63) is 0 Å². The molecule has 2 rings (SSSR count). The average Bonchev–Trinajstić information content (AvgIpc) is 2.40. The Morgan fingerprint density at radius 2 is 2.09 bits per heavy atom. The Bertz CT molecular complexity index is 183. The largest absolute Gasteiger partial charge is 0.303 e. The molecule has 2 aliphatic carbocycles. The number of carbonyl (C=O) groups is 1. The predicted octanol–water partition coefficient (Wildman–Crippen LogP) is 2.26. The van der Waals surface area contributed by atoms with E-state index >= 15 is 0 Å². The van der Waals surface area contributed by atoms with E-state index in [1.54, 1.807) is 0 Å². The molecule has 0 heterocycles. The van der Waals surface area contributed by atoms with E-state index in [1.165, 1.54) is 25.5 Å². The molecule has 0 aromatic heterocycles. The second kappa shape index (κ2) is 2.09. The zero-order chi connectivity index (χ0) is 8.06. The normalized spacial score (nSPS) is 46.2. The van der Waals surface area contributed by atoms with Gasteiger partial charge in [0.2, 0.25) is 0 Å². The molecule has 62 valence electrons. The molecule has 2 aliphatic rings. The Morgan fingerprint density at radius 1 is 1.36 bits per heavy atom. The van der Waals surface area contributed by atoms with Crippen molar-refractivity contribution in [3.8, 4) is 0 Å². The maximum Gasteiger partial charge on any atom is 0.123 e. The SMILES string of the molecule is CC1(C)[C@@H]2CC[C@H]1[C@@H](C=O)C2. The van der Waals surface area contributed by atoms with Gasteiger partial charge in [-0.15, -0.1) is 0 Å². The van der Waals surface area contributed by atoms with Gasteiger partial charge in [0.25, 0.3) is 0 Å². The van der Waals surface area contributed by atoms with Crippen LogP contribution in [-0.4, -0.2) is 6.29 Å². The van der Waals surface area contributed by atoms with Crippen molar-refractivity contribution in [2.75, 3.05) is 0 Å². The van der Waals surface area contributed by atoms with Gasteiger partial charge in [-0.3, -0.25) is 0 Å². The standard InChI is InChI=1S/C10H16O/c1-10(2)8-3-4-9(10)7(5-8)6-11/h6-9H,3-5H2,1-2H3/t7-,8-,9+/m1/s1. The molecule has 3 atom stereocenters. The summed E-state index contributed by atoms with van der Waals surface area (Å²) in [5, 5.41) is 0.